The molecule has 9 heteroatoms. The van der Waals surface area contributed by atoms with Crippen LogP contribution in [0.1, 0.15) is 34.1 Å². The second-order valence-corrected chi connectivity index (χ2v) is 7.04. The molecule has 2 N–H and O–H groups in total. The smallest absolute Gasteiger partial charge is 0.261 e. The SMILES string of the molecule is CC(=O)Nc1cc(NC(=O)CCN2C(=O)c3ccc(Br)cc3C2=O)ccc1F. The Morgan fingerprint density at radius 3 is 2.46 bits per heavy atom. The first-order valence-corrected chi connectivity index (χ1v) is 9.08. The molecule has 0 bridgehead atoms. The van der Waals surface area contributed by atoms with Crippen LogP contribution < -0.4 is 10.6 Å². The number of halogens is 2. The molecule has 0 fully saturated rings. The largest absolute Gasteiger partial charge is 0.326 e. The van der Waals surface area contributed by atoms with Crippen molar-refractivity contribution in [1.29, 1.82) is 0 Å². The van der Waals surface area contributed by atoms with E-state index in [0.717, 1.165) is 11.0 Å². The summed E-state index contributed by atoms with van der Waals surface area (Å²) in [4.78, 5) is 49.0. The van der Waals surface area contributed by atoms with Gasteiger partial charge in [0.25, 0.3) is 11.8 Å². The van der Waals surface area contributed by atoms with Gasteiger partial charge in [-0.2, -0.15) is 0 Å². The van der Waals surface area contributed by atoms with Crippen molar-refractivity contribution in [3.63, 3.8) is 0 Å². The number of rotatable bonds is 5. The second-order valence-electron chi connectivity index (χ2n) is 6.13. The Labute approximate surface area is 168 Å². The van der Waals surface area contributed by atoms with Gasteiger partial charge in [0.05, 0.1) is 16.8 Å². The number of imide groups is 1. The van der Waals surface area contributed by atoms with Crippen LogP contribution in [0.15, 0.2) is 40.9 Å². The molecule has 0 atom stereocenters. The predicted molar refractivity (Wildman–Crippen MR) is 103 cm³/mol. The number of nitrogens with zero attached hydrogens (tertiary/aromatic N) is 1. The Kier molecular flexibility index (Phi) is 5.55. The Bertz CT molecular complexity index is 1010. The number of carbonyl (C=O) groups is 4. The van der Waals surface area contributed by atoms with Crippen molar-refractivity contribution < 1.29 is 23.6 Å². The monoisotopic (exact) mass is 447 g/mol. The van der Waals surface area contributed by atoms with Gasteiger partial charge in [-0.15, -0.1) is 0 Å². The lowest BCUT2D eigenvalue weighted by molar-refractivity contribution is -0.116. The van der Waals surface area contributed by atoms with E-state index in [1.807, 2.05) is 0 Å². The predicted octanol–water partition coefficient (Wildman–Crippen LogP) is 3.17. The van der Waals surface area contributed by atoms with Crippen molar-refractivity contribution in [2.45, 2.75) is 13.3 Å². The van der Waals surface area contributed by atoms with Crippen molar-refractivity contribution >= 4 is 50.9 Å². The lowest BCUT2D eigenvalue weighted by Crippen LogP contribution is -2.32. The van der Waals surface area contributed by atoms with E-state index in [0.29, 0.717) is 15.6 Å². The molecule has 7 nitrogen and oxygen atoms in total. The number of fused-ring (bicyclic) bond motifs is 1. The molecule has 2 aromatic rings. The summed E-state index contributed by atoms with van der Waals surface area (Å²) in [7, 11) is 0. The minimum Gasteiger partial charge on any atom is -0.326 e. The molecule has 0 aliphatic carbocycles. The number of amides is 4. The lowest BCUT2D eigenvalue weighted by Gasteiger charge is -2.14. The van der Waals surface area contributed by atoms with Crippen LogP contribution in [0.3, 0.4) is 0 Å². The summed E-state index contributed by atoms with van der Waals surface area (Å²) in [5, 5.41) is 4.88. The van der Waals surface area contributed by atoms with Gasteiger partial charge in [-0.25, -0.2) is 4.39 Å². The molecule has 2 aromatic carbocycles. The van der Waals surface area contributed by atoms with Gasteiger partial charge >= 0.3 is 0 Å². The molecule has 4 amide bonds. The average Bonchev–Trinajstić information content (AvgIpc) is 2.86. The van der Waals surface area contributed by atoms with Gasteiger partial charge in [0.2, 0.25) is 11.8 Å². The van der Waals surface area contributed by atoms with Crippen molar-refractivity contribution in [2.24, 2.45) is 0 Å². The van der Waals surface area contributed by atoms with Crippen molar-refractivity contribution in [1.82, 2.24) is 4.90 Å². The highest BCUT2D eigenvalue weighted by atomic mass is 79.9. The molecule has 3 rings (SSSR count). The van der Waals surface area contributed by atoms with E-state index < -0.39 is 29.4 Å². The van der Waals surface area contributed by atoms with Gasteiger partial charge in [-0.1, -0.05) is 15.9 Å². The van der Waals surface area contributed by atoms with Gasteiger partial charge < -0.3 is 10.6 Å². The molecule has 0 aromatic heterocycles. The van der Waals surface area contributed by atoms with Gasteiger partial charge in [0.15, 0.2) is 0 Å². The topological polar surface area (TPSA) is 95.6 Å². The maximum atomic E-state index is 13.7. The molecule has 144 valence electrons. The Balaban J connectivity index is 1.63. The van der Waals surface area contributed by atoms with Crippen molar-refractivity contribution in [3.05, 3.63) is 57.8 Å². The highest BCUT2D eigenvalue weighted by Gasteiger charge is 2.35. The van der Waals surface area contributed by atoms with Gasteiger partial charge in [0.1, 0.15) is 5.82 Å². The van der Waals surface area contributed by atoms with Gasteiger partial charge in [-0.05, 0) is 36.4 Å². The summed E-state index contributed by atoms with van der Waals surface area (Å²) in [5.41, 5.74) is 0.808. The molecule has 1 aliphatic rings. The standard InChI is InChI=1S/C19H15BrFN3O4/c1-10(25)22-16-9-12(3-5-15(16)21)23-17(26)6-7-24-18(27)13-4-2-11(20)8-14(13)19(24)28/h2-5,8-9H,6-7H2,1H3,(H,22,25)(H,23,26). The number of benzene rings is 2. The highest BCUT2D eigenvalue weighted by Crippen LogP contribution is 2.26. The van der Waals surface area contributed by atoms with Crippen LogP contribution in [0.25, 0.3) is 0 Å². The molecule has 0 saturated carbocycles. The summed E-state index contributed by atoms with van der Waals surface area (Å²) < 4.78 is 14.3. The lowest BCUT2D eigenvalue weighted by atomic mass is 10.1. The fourth-order valence-corrected chi connectivity index (χ4v) is 3.15. The van der Waals surface area contributed by atoms with E-state index in [1.165, 1.54) is 19.1 Å². The van der Waals surface area contributed by atoms with Crippen LogP contribution in [-0.4, -0.2) is 35.1 Å². The zero-order valence-electron chi connectivity index (χ0n) is 14.7. The fourth-order valence-electron chi connectivity index (χ4n) is 2.79. The zero-order valence-corrected chi connectivity index (χ0v) is 16.3. The first-order chi connectivity index (χ1) is 13.3. The van der Waals surface area contributed by atoms with Crippen LogP contribution in [0, 0.1) is 5.82 Å². The normalized spacial score (nSPS) is 12.8. The van der Waals surface area contributed by atoms with E-state index in [1.54, 1.807) is 18.2 Å². The maximum absolute atomic E-state index is 13.7. The third-order valence-corrected chi connectivity index (χ3v) is 4.55. The van der Waals surface area contributed by atoms with E-state index in [-0.39, 0.29) is 24.3 Å². The minimum atomic E-state index is -0.634. The van der Waals surface area contributed by atoms with Crippen LogP contribution in [0.5, 0.6) is 0 Å². The number of carbonyl (C=O) groups excluding carboxylic acids is 4. The van der Waals surface area contributed by atoms with Crippen molar-refractivity contribution in [2.75, 3.05) is 17.2 Å². The van der Waals surface area contributed by atoms with E-state index in [4.69, 9.17) is 0 Å². The molecule has 0 spiro atoms. The third kappa shape index (κ3) is 4.09. The van der Waals surface area contributed by atoms with E-state index in [2.05, 4.69) is 26.6 Å². The summed E-state index contributed by atoms with van der Waals surface area (Å²) >= 11 is 3.26. The Morgan fingerprint density at radius 2 is 1.75 bits per heavy atom. The number of hydrogen-bond acceptors (Lipinski definition) is 4. The van der Waals surface area contributed by atoms with Gasteiger partial charge in [0, 0.05) is 30.0 Å². The Hall–Kier alpha value is -3.07. The van der Waals surface area contributed by atoms with E-state index in [9.17, 15) is 23.6 Å². The van der Waals surface area contributed by atoms with Crippen LogP contribution in [-0.2, 0) is 9.59 Å². The zero-order chi connectivity index (χ0) is 20.4. The van der Waals surface area contributed by atoms with Crippen LogP contribution in [0.4, 0.5) is 15.8 Å². The minimum absolute atomic E-state index is 0.0591. The van der Waals surface area contributed by atoms with Crippen molar-refractivity contribution in [3.8, 4) is 0 Å². The first-order valence-electron chi connectivity index (χ1n) is 8.29. The van der Waals surface area contributed by atoms with Crippen LogP contribution in [0.2, 0.25) is 0 Å². The maximum Gasteiger partial charge on any atom is 0.261 e. The average molecular weight is 448 g/mol. The van der Waals surface area contributed by atoms with Crippen LogP contribution >= 0.6 is 15.9 Å². The number of hydrogen-bond donors (Lipinski definition) is 2. The molecule has 1 heterocycles. The quantitative estimate of drug-likeness (QED) is 0.687. The van der Waals surface area contributed by atoms with E-state index >= 15 is 0 Å². The molecule has 0 saturated heterocycles. The number of nitrogens with one attached hydrogen (secondary N) is 2. The molecule has 28 heavy (non-hydrogen) atoms. The molecular formula is C19H15BrFN3O4. The summed E-state index contributed by atoms with van der Waals surface area (Å²) in [6, 6.07) is 8.54. The molecule has 1 aliphatic heterocycles. The first kappa shape index (κ1) is 19.7. The summed E-state index contributed by atoms with van der Waals surface area (Å²) in [6.45, 7) is 1.15. The highest BCUT2D eigenvalue weighted by molar-refractivity contribution is 9.10. The van der Waals surface area contributed by atoms with Gasteiger partial charge in [-0.3, -0.25) is 24.1 Å². The summed E-state index contributed by atoms with van der Waals surface area (Å²) in [6.07, 6.45) is -0.126. The molecular weight excluding hydrogens is 433 g/mol. The third-order valence-electron chi connectivity index (χ3n) is 4.06. The second kappa shape index (κ2) is 7.89. The Morgan fingerprint density at radius 1 is 1.04 bits per heavy atom. The number of anilines is 2. The molecule has 0 radical (unpaired) electrons. The molecule has 0 unspecified atom stereocenters. The fraction of sp³-hybridized carbons (Fsp3) is 0.158. The summed E-state index contributed by atoms with van der Waals surface area (Å²) in [5.74, 6) is -2.44.